The van der Waals surface area contributed by atoms with Crippen molar-refractivity contribution in [1.82, 2.24) is 0 Å². The zero-order valence-electron chi connectivity index (χ0n) is 12.9. The highest BCUT2D eigenvalue weighted by Gasteiger charge is 2.31. The van der Waals surface area contributed by atoms with Crippen LogP contribution < -0.4 is 0 Å². The third-order valence-corrected chi connectivity index (χ3v) is 5.73. The summed E-state index contributed by atoms with van der Waals surface area (Å²) < 4.78 is 5.78. The zero-order chi connectivity index (χ0) is 13.7. The van der Waals surface area contributed by atoms with Crippen molar-refractivity contribution in [2.75, 3.05) is 6.61 Å². The van der Waals surface area contributed by atoms with E-state index in [2.05, 4.69) is 26.5 Å². The minimum Gasteiger partial charge on any atom is -0.379 e. The average Bonchev–Trinajstić information content (AvgIpc) is 2.48. The summed E-state index contributed by atoms with van der Waals surface area (Å²) in [6.45, 7) is 9.20. The van der Waals surface area contributed by atoms with Crippen LogP contribution >= 0.6 is 0 Å². The van der Waals surface area contributed by atoms with Crippen LogP contribution in [-0.4, -0.2) is 12.7 Å². The lowest BCUT2D eigenvalue weighted by atomic mass is 9.68. The van der Waals surface area contributed by atoms with Crippen LogP contribution in [0.1, 0.15) is 65.2 Å². The van der Waals surface area contributed by atoms with Gasteiger partial charge in [0.2, 0.25) is 0 Å². The second-order valence-electron chi connectivity index (χ2n) is 6.75. The predicted molar refractivity (Wildman–Crippen MR) is 82.2 cm³/mol. The van der Waals surface area contributed by atoms with Crippen LogP contribution in [0.2, 0.25) is 0 Å². The van der Waals surface area contributed by atoms with Gasteiger partial charge in [0.05, 0.1) is 6.10 Å². The van der Waals surface area contributed by atoms with Crippen LogP contribution in [-0.2, 0) is 4.74 Å². The molecule has 19 heavy (non-hydrogen) atoms. The van der Waals surface area contributed by atoms with E-state index in [4.69, 9.17) is 4.74 Å². The van der Waals surface area contributed by atoms with Gasteiger partial charge in [-0.1, -0.05) is 6.08 Å². The van der Waals surface area contributed by atoms with Gasteiger partial charge in [0.15, 0.2) is 0 Å². The van der Waals surface area contributed by atoms with Crippen LogP contribution in [0.4, 0.5) is 0 Å². The monoisotopic (exact) mass is 264 g/mol. The van der Waals surface area contributed by atoms with Crippen molar-refractivity contribution < 1.29 is 4.74 Å². The molecule has 2 saturated carbocycles. The SMILES string of the molecule is C=CC1CCC(C2CCC(C(C)OCC)CC2)CC1. The van der Waals surface area contributed by atoms with E-state index in [1.54, 1.807) is 0 Å². The maximum absolute atomic E-state index is 5.78. The van der Waals surface area contributed by atoms with Crippen molar-refractivity contribution in [3.63, 3.8) is 0 Å². The molecule has 0 aliphatic heterocycles. The van der Waals surface area contributed by atoms with E-state index in [1.165, 1.54) is 51.4 Å². The maximum atomic E-state index is 5.78. The van der Waals surface area contributed by atoms with Crippen molar-refractivity contribution in [1.29, 1.82) is 0 Å². The molecule has 0 heterocycles. The first-order valence-corrected chi connectivity index (χ1v) is 8.48. The van der Waals surface area contributed by atoms with Gasteiger partial charge in [-0.15, -0.1) is 6.58 Å². The molecule has 0 aromatic heterocycles. The first-order valence-electron chi connectivity index (χ1n) is 8.48. The highest BCUT2D eigenvalue weighted by molar-refractivity contribution is 4.88. The molecule has 110 valence electrons. The number of hydrogen-bond donors (Lipinski definition) is 0. The van der Waals surface area contributed by atoms with Crippen molar-refractivity contribution in [2.24, 2.45) is 23.7 Å². The Morgan fingerprint density at radius 2 is 1.53 bits per heavy atom. The zero-order valence-corrected chi connectivity index (χ0v) is 12.9. The normalized spacial score (nSPS) is 37.8. The molecule has 1 heteroatoms. The van der Waals surface area contributed by atoms with E-state index < -0.39 is 0 Å². The molecule has 1 atom stereocenters. The van der Waals surface area contributed by atoms with E-state index in [9.17, 15) is 0 Å². The van der Waals surface area contributed by atoms with Crippen LogP contribution in [0.3, 0.4) is 0 Å². The third-order valence-electron chi connectivity index (χ3n) is 5.73. The molecule has 0 aromatic carbocycles. The molecule has 0 bridgehead atoms. The Morgan fingerprint density at radius 3 is 2.00 bits per heavy atom. The number of rotatable bonds is 5. The van der Waals surface area contributed by atoms with Crippen LogP contribution in [0, 0.1) is 23.7 Å². The maximum Gasteiger partial charge on any atom is 0.0575 e. The molecule has 0 aromatic rings. The fourth-order valence-corrected chi connectivity index (χ4v) is 4.34. The van der Waals surface area contributed by atoms with Crippen LogP contribution in [0.15, 0.2) is 12.7 Å². The molecule has 2 aliphatic rings. The fraction of sp³-hybridized carbons (Fsp3) is 0.889. The summed E-state index contributed by atoms with van der Waals surface area (Å²) in [6, 6.07) is 0. The van der Waals surface area contributed by atoms with Gasteiger partial charge >= 0.3 is 0 Å². The van der Waals surface area contributed by atoms with Gasteiger partial charge in [-0.05, 0) is 88.9 Å². The van der Waals surface area contributed by atoms with Crippen molar-refractivity contribution in [3.05, 3.63) is 12.7 Å². The average molecular weight is 264 g/mol. The minimum absolute atomic E-state index is 0.474. The van der Waals surface area contributed by atoms with E-state index in [0.717, 1.165) is 30.3 Å². The lowest BCUT2D eigenvalue weighted by Gasteiger charge is -2.38. The molecule has 0 amide bonds. The van der Waals surface area contributed by atoms with Gasteiger partial charge in [-0.25, -0.2) is 0 Å². The van der Waals surface area contributed by atoms with E-state index in [-0.39, 0.29) is 0 Å². The summed E-state index contributed by atoms with van der Waals surface area (Å²) in [6.07, 6.45) is 14.0. The summed E-state index contributed by atoms with van der Waals surface area (Å²) in [5.74, 6) is 3.65. The first kappa shape index (κ1) is 15.1. The Hall–Kier alpha value is -0.300. The summed E-state index contributed by atoms with van der Waals surface area (Å²) in [4.78, 5) is 0. The standard InChI is InChI=1S/C18H32O/c1-4-15-6-8-17(9-7-15)18-12-10-16(11-13-18)14(3)19-5-2/h4,14-18H,1,5-13H2,2-3H3. The third kappa shape index (κ3) is 4.08. The predicted octanol–water partition coefficient (Wildman–Crippen LogP) is 5.21. The molecule has 0 saturated heterocycles. The van der Waals surface area contributed by atoms with Crippen LogP contribution in [0.5, 0.6) is 0 Å². The highest BCUT2D eigenvalue weighted by Crippen LogP contribution is 2.42. The fourth-order valence-electron chi connectivity index (χ4n) is 4.34. The topological polar surface area (TPSA) is 9.23 Å². The molecular formula is C18H32O. The van der Waals surface area contributed by atoms with Gasteiger partial charge in [0.25, 0.3) is 0 Å². The lowest BCUT2D eigenvalue weighted by Crippen LogP contribution is -2.30. The van der Waals surface area contributed by atoms with Gasteiger partial charge in [0.1, 0.15) is 0 Å². The van der Waals surface area contributed by atoms with Crippen molar-refractivity contribution in [2.45, 2.75) is 71.3 Å². The molecule has 1 nitrogen and oxygen atoms in total. The largest absolute Gasteiger partial charge is 0.379 e. The summed E-state index contributed by atoms with van der Waals surface area (Å²) >= 11 is 0. The van der Waals surface area contributed by atoms with Gasteiger partial charge in [0, 0.05) is 6.61 Å². The second-order valence-corrected chi connectivity index (χ2v) is 6.75. The summed E-state index contributed by atoms with van der Waals surface area (Å²) in [5.41, 5.74) is 0. The number of ether oxygens (including phenoxy) is 1. The molecule has 0 N–H and O–H groups in total. The van der Waals surface area contributed by atoms with E-state index >= 15 is 0 Å². The molecule has 0 radical (unpaired) electrons. The first-order chi connectivity index (χ1) is 9.24. The Bertz CT molecular complexity index is 257. The van der Waals surface area contributed by atoms with E-state index in [1.807, 2.05) is 0 Å². The highest BCUT2D eigenvalue weighted by atomic mass is 16.5. The Labute approximate surface area is 119 Å². The smallest absolute Gasteiger partial charge is 0.0575 e. The second kappa shape index (κ2) is 7.47. The van der Waals surface area contributed by atoms with Crippen LogP contribution in [0.25, 0.3) is 0 Å². The van der Waals surface area contributed by atoms with Crippen molar-refractivity contribution >= 4 is 0 Å². The molecule has 2 rings (SSSR count). The van der Waals surface area contributed by atoms with Gasteiger partial charge < -0.3 is 4.74 Å². The van der Waals surface area contributed by atoms with E-state index in [0.29, 0.717) is 6.10 Å². The molecule has 2 fully saturated rings. The Kier molecular flexibility index (Phi) is 5.94. The molecule has 1 unspecified atom stereocenters. The summed E-state index contributed by atoms with van der Waals surface area (Å²) in [7, 11) is 0. The van der Waals surface area contributed by atoms with Crippen molar-refractivity contribution in [3.8, 4) is 0 Å². The molecular weight excluding hydrogens is 232 g/mol. The Balaban J connectivity index is 1.73. The number of allylic oxidation sites excluding steroid dienone is 1. The Morgan fingerprint density at radius 1 is 1.00 bits per heavy atom. The number of hydrogen-bond acceptors (Lipinski definition) is 1. The molecule has 2 aliphatic carbocycles. The van der Waals surface area contributed by atoms with Gasteiger partial charge in [-0.2, -0.15) is 0 Å². The lowest BCUT2D eigenvalue weighted by molar-refractivity contribution is 0.00841. The minimum atomic E-state index is 0.474. The summed E-state index contributed by atoms with van der Waals surface area (Å²) in [5, 5.41) is 0. The molecule has 0 spiro atoms. The van der Waals surface area contributed by atoms with Gasteiger partial charge in [-0.3, -0.25) is 0 Å². The quantitative estimate of drug-likeness (QED) is 0.619.